The molecule has 0 radical (unpaired) electrons. The molecule has 2 aromatic heterocycles. The van der Waals surface area contributed by atoms with Crippen LogP contribution in [0.25, 0.3) is 22.8 Å². The average molecular weight is 469 g/mol. The first-order valence-corrected chi connectivity index (χ1v) is 12.0. The van der Waals surface area contributed by atoms with Crippen LogP contribution in [-0.2, 0) is 0 Å². The van der Waals surface area contributed by atoms with Crippen LogP contribution in [0, 0.1) is 5.82 Å². The lowest BCUT2D eigenvalue weighted by Gasteiger charge is -2.14. The van der Waals surface area contributed by atoms with Crippen LogP contribution < -0.4 is 4.74 Å². The SMILES string of the molecule is CCCC(Oc1ccc(-c2noc(C(C)C)n2)cc1)c1nc(-c2ccc(SC)c(F)c2)no1. The van der Waals surface area contributed by atoms with E-state index in [9.17, 15) is 4.39 Å². The molecule has 2 aromatic carbocycles. The Labute approximate surface area is 195 Å². The molecule has 0 fully saturated rings. The highest BCUT2D eigenvalue weighted by Gasteiger charge is 2.22. The van der Waals surface area contributed by atoms with Gasteiger partial charge in [-0.25, -0.2) is 4.39 Å². The van der Waals surface area contributed by atoms with Crippen LogP contribution in [0.4, 0.5) is 4.39 Å². The van der Waals surface area contributed by atoms with Gasteiger partial charge < -0.3 is 13.8 Å². The van der Waals surface area contributed by atoms with E-state index in [1.54, 1.807) is 12.1 Å². The maximum Gasteiger partial charge on any atom is 0.268 e. The number of aromatic nitrogens is 4. The summed E-state index contributed by atoms with van der Waals surface area (Å²) in [5.41, 5.74) is 1.39. The van der Waals surface area contributed by atoms with Gasteiger partial charge in [-0.05, 0) is 55.1 Å². The fourth-order valence-corrected chi connectivity index (χ4v) is 3.68. The fraction of sp³-hybridized carbons (Fsp3) is 0.333. The first-order chi connectivity index (χ1) is 16.0. The number of rotatable bonds is 9. The molecule has 1 atom stereocenters. The average Bonchev–Trinajstić information content (AvgIpc) is 3.50. The second-order valence-electron chi connectivity index (χ2n) is 7.84. The van der Waals surface area contributed by atoms with E-state index in [0.29, 0.717) is 46.1 Å². The van der Waals surface area contributed by atoms with E-state index in [1.807, 2.05) is 44.4 Å². The normalized spacial score (nSPS) is 12.3. The summed E-state index contributed by atoms with van der Waals surface area (Å²) in [4.78, 5) is 9.45. The number of nitrogens with zero attached hydrogens (tertiary/aromatic N) is 4. The summed E-state index contributed by atoms with van der Waals surface area (Å²) in [6.07, 6.45) is 2.95. The van der Waals surface area contributed by atoms with Crippen molar-refractivity contribution in [2.75, 3.05) is 6.26 Å². The molecule has 0 spiro atoms. The topological polar surface area (TPSA) is 87.1 Å². The minimum Gasteiger partial charge on any atom is -0.481 e. The van der Waals surface area contributed by atoms with Crippen LogP contribution >= 0.6 is 11.8 Å². The maximum absolute atomic E-state index is 14.2. The number of thioether (sulfide) groups is 1. The van der Waals surface area contributed by atoms with E-state index in [0.717, 1.165) is 12.0 Å². The molecule has 4 aromatic rings. The van der Waals surface area contributed by atoms with Crippen LogP contribution in [0.3, 0.4) is 0 Å². The van der Waals surface area contributed by atoms with Gasteiger partial charge in [0.15, 0.2) is 6.10 Å². The second kappa shape index (κ2) is 10.2. The van der Waals surface area contributed by atoms with E-state index < -0.39 is 6.10 Å². The zero-order valence-electron chi connectivity index (χ0n) is 18.9. The van der Waals surface area contributed by atoms with Gasteiger partial charge in [0.2, 0.25) is 17.5 Å². The van der Waals surface area contributed by atoms with Gasteiger partial charge in [-0.15, -0.1) is 11.8 Å². The Morgan fingerprint density at radius 1 is 0.939 bits per heavy atom. The van der Waals surface area contributed by atoms with Crippen molar-refractivity contribution in [2.24, 2.45) is 0 Å². The number of benzene rings is 2. The molecule has 1 unspecified atom stereocenters. The molecule has 172 valence electrons. The molecule has 0 aliphatic carbocycles. The first-order valence-electron chi connectivity index (χ1n) is 10.8. The van der Waals surface area contributed by atoms with Gasteiger partial charge in [0, 0.05) is 21.9 Å². The van der Waals surface area contributed by atoms with Crippen molar-refractivity contribution >= 4 is 11.8 Å². The van der Waals surface area contributed by atoms with E-state index in [4.69, 9.17) is 13.8 Å². The van der Waals surface area contributed by atoms with Crippen molar-refractivity contribution in [3.8, 4) is 28.5 Å². The molecule has 0 saturated heterocycles. The Morgan fingerprint density at radius 2 is 1.58 bits per heavy atom. The van der Waals surface area contributed by atoms with E-state index in [-0.39, 0.29) is 11.7 Å². The van der Waals surface area contributed by atoms with Gasteiger partial charge in [-0.1, -0.05) is 37.5 Å². The molecule has 0 amide bonds. The molecular weight excluding hydrogens is 443 g/mol. The largest absolute Gasteiger partial charge is 0.481 e. The van der Waals surface area contributed by atoms with Gasteiger partial charge in [0.05, 0.1) is 0 Å². The number of halogens is 1. The summed E-state index contributed by atoms with van der Waals surface area (Å²) < 4.78 is 31.1. The van der Waals surface area contributed by atoms with Gasteiger partial charge in [-0.3, -0.25) is 0 Å². The Hall–Kier alpha value is -3.20. The fourth-order valence-electron chi connectivity index (χ4n) is 3.22. The van der Waals surface area contributed by atoms with E-state index in [2.05, 4.69) is 27.2 Å². The van der Waals surface area contributed by atoms with Gasteiger partial charge >= 0.3 is 0 Å². The molecule has 33 heavy (non-hydrogen) atoms. The summed E-state index contributed by atoms with van der Waals surface area (Å²) in [5.74, 6) is 2.33. The first kappa shape index (κ1) is 23.0. The Bertz CT molecular complexity index is 1210. The quantitative estimate of drug-likeness (QED) is 0.251. The molecular formula is C24H25FN4O3S. The van der Waals surface area contributed by atoms with Crippen molar-refractivity contribution in [1.29, 1.82) is 0 Å². The van der Waals surface area contributed by atoms with Crippen LogP contribution in [0.15, 0.2) is 56.4 Å². The van der Waals surface area contributed by atoms with Gasteiger partial charge in [-0.2, -0.15) is 9.97 Å². The highest BCUT2D eigenvalue weighted by Crippen LogP contribution is 2.30. The molecule has 0 aliphatic heterocycles. The van der Waals surface area contributed by atoms with Crippen molar-refractivity contribution in [1.82, 2.24) is 20.3 Å². The Kier molecular flexibility index (Phi) is 7.08. The minimum atomic E-state index is -0.421. The highest BCUT2D eigenvalue weighted by atomic mass is 32.2. The Balaban J connectivity index is 1.50. The summed E-state index contributed by atoms with van der Waals surface area (Å²) >= 11 is 1.35. The number of ether oxygens (including phenoxy) is 1. The van der Waals surface area contributed by atoms with Gasteiger partial charge in [0.1, 0.15) is 11.6 Å². The van der Waals surface area contributed by atoms with Crippen LogP contribution in [-0.4, -0.2) is 26.5 Å². The summed E-state index contributed by atoms with van der Waals surface area (Å²) in [5, 5.41) is 8.07. The smallest absolute Gasteiger partial charge is 0.268 e. The minimum absolute atomic E-state index is 0.169. The van der Waals surface area contributed by atoms with Crippen molar-refractivity contribution in [3.63, 3.8) is 0 Å². The zero-order valence-corrected chi connectivity index (χ0v) is 19.7. The second-order valence-corrected chi connectivity index (χ2v) is 8.68. The third-order valence-corrected chi connectivity index (χ3v) is 5.78. The van der Waals surface area contributed by atoms with E-state index in [1.165, 1.54) is 17.8 Å². The van der Waals surface area contributed by atoms with Crippen LogP contribution in [0.1, 0.15) is 57.4 Å². The van der Waals surface area contributed by atoms with Crippen LogP contribution in [0.5, 0.6) is 5.75 Å². The molecule has 2 heterocycles. The molecule has 0 bridgehead atoms. The summed E-state index contributed by atoms with van der Waals surface area (Å²) in [6.45, 7) is 6.05. The van der Waals surface area contributed by atoms with Crippen molar-refractivity contribution in [2.45, 2.75) is 50.5 Å². The monoisotopic (exact) mass is 468 g/mol. The molecule has 0 saturated carbocycles. The van der Waals surface area contributed by atoms with Crippen molar-refractivity contribution in [3.05, 3.63) is 60.1 Å². The number of hydrogen-bond acceptors (Lipinski definition) is 8. The predicted octanol–water partition coefficient (Wildman–Crippen LogP) is 6.69. The standard InChI is InChI=1S/C24H25FN4O3S/c1-5-6-19(24-27-22(29-32-24)16-9-12-20(33-4)18(25)13-16)30-17-10-7-15(8-11-17)21-26-23(14(2)3)31-28-21/h7-14,19H,5-6H2,1-4H3. The Morgan fingerprint density at radius 3 is 2.18 bits per heavy atom. The molecule has 4 rings (SSSR count). The lowest BCUT2D eigenvalue weighted by atomic mass is 10.2. The lowest BCUT2D eigenvalue weighted by molar-refractivity contribution is 0.148. The predicted molar refractivity (Wildman–Crippen MR) is 124 cm³/mol. The molecule has 7 nitrogen and oxygen atoms in total. The lowest BCUT2D eigenvalue weighted by Crippen LogP contribution is -2.08. The summed E-state index contributed by atoms with van der Waals surface area (Å²) in [7, 11) is 0. The van der Waals surface area contributed by atoms with E-state index >= 15 is 0 Å². The third-order valence-electron chi connectivity index (χ3n) is 5.00. The number of hydrogen-bond donors (Lipinski definition) is 0. The molecule has 9 heteroatoms. The summed E-state index contributed by atoms with van der Waals surface area (Å²) in [6, 6.07) is 12.3. The molecule has 0 aliphatic rings. The maximum atomic E-state index is 14.2. The van der Waals surface area contributed by atoms with Crippen LogP contribution in [0.2, 0.25) is 0 Å². The zero-order chi connectivity index (χ0) is 23.4. The third kappa shape index (κ3) is 5.24. The molecule has 0 N–H and O–H groups in total. The van der Waals surface area contributed by atoms with Crippen molar-refractivity contribution < 1.29 is 18.2 Å². The van der Waals surface area contributed by atoms with Gasteiger partial charge in [0.25, 0.3) is 5.89 Å². The highest BCUT2D eigenvalue weighted by molar-refractivity contribution is 7.98.